The Balaban J connectivity index is 2.58. The molecule has 1 saturated carbocycles. The van der Waals surface area contributed by atoms with Crippen LogP contribution in [0, 0.1) is 17.8 Å². The molecular weight excluding hydrogens is 158 g/mol. The molecule has 0 saturated heterocycles. The van der Waals surface area contributed by atoms with Crippen molar-refractivity contribution in [2.24, 2.45) is 17.8 Å². The van der Waals surface area contributed by atoms with E-state index in [0.29, 0.717) is 5.92 Å². The number of hydrogen-bond donors (Lipinski definition) is 0. The zero-order chi connectivity index (χ0) is 9.35. The van der Waals surface area contributed by atoms with Gasteiger partial charge in [-0.2, -0.15) is 0 Å². The standard InChI is InChI=1S/C10H18F2/c1-7(2)9-4-8(3)5-10(11,12)6-9/h7-9H,4-6H2,1-3H3. The van der Waals surface area contributed by atoms with E-state index in [-0.39, 0.29) is 24.7 Å². The number of rotatable bonds is 1. The summed E-state index contributed by atoms with van der Waals surface area (Å²) in [5.74, 6) is -1.57. The molecule has 1 aliphatic carbocycles. The molecule has 1 rings (SSSR count). The van der Waals surface area contributed by atoms with Crippen molar-refractivity contribution in [2.45, 2.75) is 46.0 Å². The van der Waals surface area contributed by atoms with Gasteiger partial charge in [0, 0.05) is 12.8 Å². The molecule has 72 valence electrons. The first-order valence-electron chi connectivity index (χ1n) is 4.78. The average Bonchev–Trinajstić information content (AvgIpc) is 1.82. The predicted molar refractivity (Wildman–Crippen MR) is 46.3 cm³/mol. The molecule has 0 aromatic heterocycles. The summed E-state index contributed by atoms with van der Waals surface area (Å²) >= 11 is 0. The van der Waals surface area contributed by atoms with Crippen molar-refractivity contribution in [3.05, 3.63) is 0 Å². The fourth-order valence-electron chi connectivity index (χ4n) is 2.17. The molecule has 2 unspecified atom stereocenters. The second-order valence-electron chi connectivity index (χ2n) is 4.61. The van der Waals surface area contributed by atoms with Gasteiger partial charge in [-0.1, -0.05) is 20.8 Å². The molecule has 0 spiro atoms. The van der Waals surface area contributed by atoms with E-state index in [1.54, 1.807) is 0 Å². The Kier molecular flexibility index (Phi) is 2.74. The highest BCUT2D eigenvalue weighted by Crippen LogP contribution is 2.42. The van der Waals surface area contributed by atoms with Gasteiger partial charge in [-0.3, -0.25) is 0 Å². The van der Waals surface area contributed by atoms with Gasteiger partial charge in [-0.25, -0.2) is 8.78 Å². The van der Waals surface area contributed by atoms with E-state index in [1.807, 2.05) is 20.8 Å². The summed E-state index contributed by atoms with van der Waals surface area (Å²) < 4.78 is 26.1. The smallest absolute Gasteiger partial charge is 0.207 e. The number of hydrogen-bond acceptors (Lipinski definition) is 0. The topological polar surface area (TPSA) is 0 Å². The van der Waals surface area contributed by atoms with E-state index >= 15 is 0 Å². The van der Waals surface area contributed by atoms with Crippen molar-refractivity contribution < 1.29 is 8.78 Å². The lowest BCUT2D eigenvalue weighted by atomic mass is 9.75. The van der Waals surface area contributed by atoms with E-state index < -0.39 is 5.92 Å². The first-order chi connectivity index (χ1) is 5.41. The van der Waals surface area contributed by atoms with Crippen LogP contribution in [0.3, 0.4) is 0 Å². The number of halogens is 2. The molecule has 0 radical (unpaired) electrons. The Morgan fingerprint density at radius 2 is 1.83 bits per heavy atom. The fourth-order valence-corrected chi connectivity index (χ4v) is 2.17. The summed E-state index contributed by atoms with van der Waals surface area (Å²) in [6, 6.07) is 0. The minimum absolute atomic E-state index is 0.0935. The monoisotopic (exact) mass is 176 g/mol. The van der Waals surface area contributed by atoms with Crippen molar-refractivity contribution in [3.63, 3.8) is 0 Å². The second kappa shape index (κ2) is 3.31. The lowest BCUT2D eigenvalue weighted by molar-refractivity contribution is -0.0765. The summed E-state index contributed by atoms with van der Waals surface area (Å²) in [5.41, 5.74) is 0. The highest BCUT2D eigenvalue weighted by Gasteiger charge is 2.40. The molecule has 0 N–H and O–H groups in total. The van der Waals surface area contributed by atoms with Crippen molar-refractivity contribution in [2.75, 3.05) is 0 Å². The summed E-state index contributed by atoms with van der Waals surface area (Å²) in [6.45, 7) is 6.01. The molecule has 0 nitrogen and oxygen atoms in total. The van der Waals surface area contributed by atoms with Gasteiger partial charge in [0.2, 0.25) is 5.92 Å². The van der Waals surface area contributed by atoms with Crippen LogP contribution >= 0.6 is 0 Å². The zero-order valence-electron chi connectivity index (χ0n) is 8.11. The summed E-state index contributed by atoms with van der Waals surface area (Å²) in [5, 5.41) is 0. The van der Waals surface area contributed by atoms with E-state index in [4.69, 9.17) is 0 Å². The Hall–Kier alpha value is -0.140. The first-order valence-corrected chi connectivity index (χ1v) is 4.78. The van der Waals surface area contributed by atoms with Crippen LogP contribution in [0.15, 0.2) is 0 Å². The molecule has 1 aliphatic rings. The van der Waals surface area contributed by atoms with E-state index in [0.717, 1.165) is 6.42 Å². The van der Waals surface area contributed by atoms with E-state index in [9.17, 15) is 8.78 Å². The summed E-state index contributed by atoms with van der Waals surface area (Å²) in [6.07, 6.45) is 1.18. The zero-order valence-corrected chi connectivity index (χ0v) is 8.11. The van der Waals surface area contributed by atoms with Crippen LogP contribution in [-0.2, 0) is 0 Å². The highest BCUT2D eigenvalue weighted by molar-refractivity contribution is 4.83. The van der Waals surface area contributed by atoms with Crippen molar-refractivity contribution in [1.82, 2.24) is 0 Å². The SMILES string of the molecule is CC1CC(C(C)C)CC(F)(F)C1. The molecule has 2 atom stereocenters. The van der Waals surface area contributed by atoms with Crippen LogP contribution in [0.2, 0.25) is 0 Å². The first kappa shape index (κ1) is 9.94. The van der Waals surface area contributed by atoms with Crippen molar-refractivity contribution in [3.8, 4) is 0 Å². The Morgan fingerprint density at radius 1 is 1.25 bits per heavy atom. The third kappa shape index (κ3) is 2.43. The molecule has 12 heavy (non-hydrogen) atoms. The fraction of sp³-hybridized carbons (Fsp3) is 1.00. The maximum Gasteiger partial charge on any atom is 0.248 e. The lowest BCUT2D eigenvalue weighted by Gasteiger charge is -2.35. The van der Waals surface area contributed by atoms with Crippen LogP contribution in [0.25, 0.3) is 0 Å². The van der Waals surface area contributed by atoms with Crippen LogP contribution in [0.4, 0.5) is 8.78 Å². The third-order valence-corrected chi connectivity index (χ3v) is 2.86. The normalized spacial score (nSPS) is 35.5. The van der Waals surface area contributed by atoms with Crippen LogP contribution in [0.1, 0.15) is 40.0 Å². The molecule has 0 bridgehead atoms. The van der Waals surface area contributed by atoms with Gasteiger partial charge in [-0.15, -0.1) is 0 Å². The van der Waals surface area contributed by atoms with Gasteiger partial charge < -0.3 is 0 Å². The lowest BCUT2D eigenvalue weighted by Crippen LogP contribution is -2.32. The van der Waals surface area contributed by atoms with Gasteiger partial charge in [-0.05, 0) is 24.2 Å². The predicted octanol–water partition coefficient (Wildman–Crippen LogP) is 3.71. The van der Waals surface area contributed by atoms with Gasteiger partial charge in [0.05, 0.1) is 0 Å². The van der Waals surface area contributed by atoms with Crippen LogP contribution in [-0.4, -0.2) is 5.92 Å². The largest absolute Gasteiger partial charge is 0.248 e. The quantitative estimate of drug-likeness (QED) is 0.571. The Morgan fingerprint density at radius 3 is 2.25 bits per heavy atom. The third-order valence-electron chi connectivity index (χ3n) is 2.86. The van der Waals surface area contributed by atoms with Crippen molar-refractivity contribution in [1.29, 1.82) is 0 Å². The molecule has 2 heteroatoms. The molecule has 0 aromatic rings. The van der Waals surface area contributed by atoms with Gasteiger partial charge >= 0.3 is 0 Å². The average molecular weight is 176 g/mol. The van der Waals surface area contributed by atoms with E-state index in [2.05, 4.69) is 0 Å². The maximum atomic E-state index is 13.1. The van der Waals surface area contributed by atoms with Gasteiger partial charge in [0.15, 0.2) is 0 Å². The number of alkyl halides is 2. The minimum Gasteiger partial charge on any atom is -0.207 e. The maximum absolute atomic E-state index is 13.1. The van der Waals surface area contributed by atoms with E-state index in [1.165, 1.54) is 0 Å². The molecule has 1 fully saturated rings. The summed E-state index contributed by atoms with van der Waals surface area (Å²) in [4.78, 5) is 0. The summed E-state index contributed by atoms with van der Waals surface area (Å²) in [7, 11) is 0. The minimum atomic E-state index is -2.40. The second-order valence-corrected chi connectivity index (χ2v) is 4.61. The molecule has 0 heterocycles. The molecular formula is C10H18F2. The molecule has 0 aromatic carbocycles. The van der Waals surface area contributed by atoms with Gasteiger partial charge in [0.1, 0.15) is 0 Å². The Bertz CT molecular complexity index is 152. The Labute approximate surface area is 73.3 Å². The van der Waals surface area contributed by atoms with Crippen LogP contribution < -0.4 is 0 Å². The van der Waals surface area contributed by atoms with Crippen molar-refractivity contribution >= 4 is 0 Å². The van der Waals surface area contributed by atoms with Gasteiger partial charge in [0.25, 0.3) is 0 Å². The molecule has 0 aliphatic heterocycles. The molecule has 0 amide bonds. The van der Waals surface area contributed by atoms with Crippen LogP contribution in [0.5, 0.6) is 0 Å². The highest BCUT2D eigenvalue weighted by atomic mass is 19.3.